The van der Waals surface area contributed by atoms with Crippen molar-refractivity contribution in [3.63, 3.8) is 0 Å². The van der Waals surface area contributed by atoms with E-state index in [9.17, 15) is 0 Å². The summed E-state index contributed by atoms with van der Waals surface area (Å²) in [7, 11) is 0. The molecule has 0 aromatic rings. The Labute approximate surface area is 88.1 Å². The van der Waals surface area contributed by atoms with Crippen LogP contribution in [0.3, 0.4) is 0 Å². The molecule has 0 aromatic carbocycles. The molecule has 2 heteroatoms. The Morgan fingerprint density at radius 1 is 1.14 bits per heavy atom. The fourth-order valence-corrected chi connectivity index (χ4v) is 2.82. The molecule has 14 heavy (non-hydrogen) atoms. The van der Waals surface area contributed by atoms with Crippen molar-refractivity contribution >= 4 is 0 Å². The fraction of sp³-hybridized carbons (Fsp3) is 1.00. The van der Waals surface area contributed by atoms with Gasteiger partial charge in [-0.2, -0.15) is 0 Å². The summed E-state index contributed by atoms with van der Waals surface area (Å²) in [5.41, 5.74) is 0. The van der Waals surface area contributed by atoms with Gasteiger partial charge in [-0.25, -0.2) is 0 Å². The molecule has 2 saturated heterocycles. The van der Waals surface area contributed by atoms with E-state index in [1.54, 1.807) is 0 Å². The number of nitrogens with zero attached hydrogens (tertiary/aromatic N) is 1. The third kappa shape index (κ3) is 2.71. The van der Waals surface area contributed by atoms with E-state index < -0.39 is 0 Å². The molecule has 0 unspecified atom stereocenters. The monoisotopic (exact) mass is 196 g/mol. The van der Waals surface area contributed by atoms with Crippen LogP contribution in [-0.4, -0.2) is 37.1 Å². The van der Waals surface area contributed by atoms with E-state index >= 15 is 0 Å². The number of piperidine rings is 2. The highest BCUT2D eigenvalue weighted by Gasteiger charge is 2.22. The molecule has 0 aliphatic carbocycles. The van der Waals surface area contributed by atoms with Gasteiger partial charge in [0.1, 0.15) is 0 Å². The molecular weight excluding hydrogens is 172 g/mol. The molecule has 1 N–H and O–H groups in total. The van der Waals surface area contributed by atoms with Crippen LogP contribution < -0.4 is 5.32 Å². The maximum absolute atomic E-state index is 3.44. The van der Waals surface area contributed by atoms with Crippen LogP contribution in [0.2, 0.25) is 0 Å². The predicted octanol–water partition coefficient (Wildman–Crippen LogP) is 1.86. The van der Waals surface area contributed by atoms with E-state index in [0.717, 1.165) is 12.0 Å². The van der Waals surface area contributed by atoms with Crippen LogP contribution in [0.25, 0.3) is 0 Å². The van der Waals surface area contributed by atoms with Gasteiger partial charge in [0.25, 0.3) is 0 Å². The van der Waals surface area contributed by atoms with Crippen LogP contribution in [0, 0.1) is 5.92 Å². The maximum Gasteiger partial charge on any atom is 0.00670 e. The number of hydrogen-bond donors (Lipinski definition) is 1. The van der Waals surface area contributed by atoms with Crippen LogP contribution in [0.15, 0.2) is 0 Å². The molecule has 2 aliphatic heterocycles. The molecule has 2 rings (SSSR count). The number of nitrogens with one attached hydrogen (secondary N) is 1. The molecular formula is C12H24N2. The van der Waals surface area contributed by atoms with Crippen molar-refractivity contribution in [2.45, 2.75) is 45.1 Å². The van der Waals surface area contributed by atoms with Gasteiger partial charge in [-0.3, -0.25) is 0 Å². The zero-order valence-corrected chi connectivity index (χ0v) is 9.47. The Bertz CT molecular complexity index is 164. The summed E-state index contributed by atoms with van der Waals surface area (Å²) in [6.45, 7) is 7.61. The smallest absolute Gasteiger partial charge is 0.00670 e. The van der Waals surface area contributed by atoms with Gasteiger partial charge in [-0.05, 0) is 58.2 Å². The molecule has 0 saturated carbocycles. The molecule has 2 aliphatic rings. The Balaban J connectivity index is 1.76. The lowest BCUT2D eigenvalue weighted by atomic mass is 9.95. The molecule has 0 aromatic heterocycles. The summed E-state index contributed by atoms with van der Waals surface area (Å²) in [5, 5.41) is 3.44. The van der Waals surface area contributed by atoms with E-state index in [0.29, 0.717) is 0 Å². The van der Waals surface area contributed by atoms with Crippen molar-refractivity contribution < 1.29 is 0 Å². The van der Waals surface area contributed by atoms with Crippen LogP contribution >= 0.6 is 0 Å². The van der Waals surface area contributed by atoms with Crippen molar-refractivity contribution in [1.82, 2.24) is 10.2 Å². The maximum atomic E-state index is 3.44. The van der Waals surface area contributed by atoms with E-state index in [1.807, 2.05) is 0 Å². The lowest BCUT2D eigenvalue weighted by Gasteiger charge is -2.37. The van der Waals surface area contributed by atoms with E-state index in [2.05, 4.69) is 17.1 Å². The van der Waals surface area contributed by atoms with Crippen molar-refractivity contribution in [3.05, 3.63) is 0 Å². The lowest BCUT2D eigenvalue weighted by molar-refractivity contribution is 0.125. The highest BCUT2D eigenvalue weighted by Crippen LogP contribution is 2.20. The van der Waals surface area contributed by atoms with Crippen molar-refractivity contribution in [2.24, 2.45) is 5.92 Å². The Morgan fingerprint density at radius 2 is 1.93 bits per heavy atom. The molecule has 2 fully saturated rings. The first-order chi connectivity index (χ1) is 6.86. The Kier molecular flexibility index (Phi) is 3.82. The molecule has 0 spiro atoms. The van der Waals surface area contributed by atoms with Crippen molar-refractivity contribution in [1.29, 1.82) is 0 Å². The van der Waals surface area contributed by atoms with Gasteiger partial charge < -0.3 is 10.2 Å². The highest BCUT2D eigenvalue weighted by atomic mass is 15.2. The van der Waals surface area contributed by atoms with Gasteiger partial charge in [0.2, 0.25) is 0 Å². The van der Waals surface area contributed by atoms with Crippen molar-refractivity contribution in [3.8, 4) is 0 Å². The molecule has 82 valence electrons. The lowest BCUT2D eigenvalue weighted by Crippen LogP contribution is -2.42. The largest absolute Gasteiger partial charge is 0.317 e. The zero-order chi connectivity index (χ0) is 9.80. The average molecular weight is 196 g/mol. The summed E-state index contributed by atoms with van der Waals surface area (Å²) in [6.07, 6.45) is 7.08. The summed E-state index contributed by atoms with van der Waals surface area (Å²) >= 11 is 0. The molecule has 0 amide bonds. The topological polar surface area (TPSA) is 15.3 Å². The van der Waals surface area contributed by atoms with E-state index in [-0.39, 0.29) is 0 Å². The minimum Gasteiger partial charge on any atom is -0.317 e. The predicted molar refractivity (Wildman–Crippen MR) is 60.5 cm³/mol. The Hall–Kier alpha value is -0.0800. The molecule has 1 atom stereocenters. The molecule has 0 radical (unpaired) electrons. The summed E-state index contributed by atoms with van der Waals surface area (Å²) < 4.78 is 0. The summed E-state index contributed by atoms with van der Waals surface area (Å²) in [4.78, 5) is 2.72. The molecule has 2 nitrogen and oxygen atoms in total. The third-order valence-corrected chi connectivity index (χ3v) is 3.89. The van der Waals surface area contributed by atoms with Gasteiger partial charge in [0, 0.05) is 12.6 Å². The quantitative estimate of drug-likeness (QED) is 0.725. The first kappa shape index (κ1) is 10.4. The first-order valence-corrected chi connectivity index (χ1v) is 6.31. The van der Waals surface area contributed by atoms with Crippen LogP contribution in [0.5, 0.6) is 0 Å². The second kappa shape index (κ2) is 5.13. The fourth-order valence-electron chi connectivity index (χ4n) is 2.82. The second-order valence-electron chi connectivity index (χ2n) is 5.03. The minimum atomic E-state index is 0.846. The Morgan fingerprint density at radius 3 is 2.64 bits per heavy atom. The highest BCUT2D eigenvalue weighted by molar-refractivity contribution is 4.78. The zero-order valence-electron chi connectivity index (χ0n) is 9.47. The van der Waals surface area contributed by atoms with Gasteiger partial charge in [0.15, 0.2) is 0 Å². The number of rotatable bonds is 2. The van der Waals surface area contributed by atoms with Gasteiger partial charge in [-0.15, -0.1) is 0 Å². The van der Waals surface area contributed by atoms with Crippen LogP contribution in [0.4, 0.5) is 0 Å². The van der Waals surface area contributed by atoms with Gasteiger partial charge >= 0.3 is 0 Å². The summed E-state index contributed by atoms with van der Waals surface area (Å²) in [6, 6.07) is 0.846. The second-order valence-corrected chi connectivity index (χ2v) is 5.03. The molecule has 0 bridgehead atoms. The standard InChI is InChI=1S/C12H24N2/c1-11-4-2-3-9-14(11)10-12-5-7-13-8-6-12/h11-13H,2-10H2,1H3/t11-/m1/s1. The average Bonchev–Trinajstić information content (AvgIpc) is 2.23. The number of hydrogen-bond acceptors (Lipinski definition) is 2. The van der Waals surface area contributed by atoms with Gasteiger partial charge in [-0.1, -0.05) is 6.42 Å². The minimum absolute atomic E-state index is 0.846. The van der Waals surface area contributed by atoms with Gasteiger partial charge in [0.05, 0.1) is 0 Å². The van der Waals surface area contributed by atoms with Crippen LogP contribution in [-0.2, 0) is 0 Å². The van der Waals surface area contributed by atoms with E-state index in [1.165, 1.54) is 58.3 Å². The SMILES string of the molecule is C[C@@H]1CCCCN1CC1CCNCC1. The normalized spacial score (nSPS) is 31.9. The van der Waals surface area contributed by atoms with Crippen LogP contribution in [0.1, 0.15) is 39.0 Å². The van der Waals surface area contributed by atoms with E-state index in [4.69, 9.17) is 0 Å². The summed E-state index contributed by atoms with van der Waals surface area (Å²) in [5.74, 6) is 0.969. The van der Waals surface area contributed by atoms with Crippen molar-refractivity contribution in [2.75, 3.05) is 26.2 Å². The number of likely N-dealkylation sites (tertiary alicyclic amines) is 1. The molecule has 2 heterocycles. The third-order valence-electron chi connectivity index (χ3n) is 3.89. The first-order valence-electron chi connectivity index (χ1n) is 6.31.